The lowest BCUT2D eigenvalue weighted by Crippen LogP contribution is -2.44. The summed E-state index contributed by atoms with van der Waals surface area (Å²) in [6.45, 7) is 2.86. The maximum atomic E-state index is 12.4. The van der Waals surface area contributed by atoms with Crippen molar-refractivity contribution in [2.75, 3.05) is 6.54 Å². The Morgan fingerprint density at radius 2 is 2.15 bits per heavy atom. The molecule has 0 aliphatic carbocycles. The highest BCUT2D eigenvalue weighted by atomic mass is 16.6. The van der Waals surface area contributed by atoms with Crippen LogP contribution in [0.25, 0.3) is 0 Å². The van der Waals surface area contributed by atoms with Gasteiger partial charge in [0.05, 0.1) is 11.3 Å². The molecule has 1 aromatic rings. The second kappa shape index (κ2) is 6.50. The van der Waals surface area contributed by atoms with Gasteiger partial charge in [0.25, 0.3) is 5.69 Å². The summed E-state index contributed by atoms with van der Waals surface area (Å²) in [7, 11) is 0. The van der Waals surface area contributed by atoms with Crippen molar-refractivity contribution in [2.24, 2.45) is 0 Å². The SMILES string of the molecule is CC[C@@H]1CCCCN1C(=O)Cc1ccccc1[N+](=O)[O-]. The van der Waals surface area contributed by atoms with Crippen molar-refractivity contribution in [1.82, 2.24) is 4.90 Å². The number of carbonyl (C=O) groups is 1. The third-order valence-corrected chi connectivity index (χ3v) is 3.95. The molecule has 2 rings (SSSR count). The maximum Gasteiger partial charge on any atom is 0.273 e. The average molecular weight is 276 g/mol. The first-order valence-electron chi connectivity index (χ1n) is 7.15. The van der Waals surface area contributed by atoms with Gasteiger partial charge in [-0.25, -0.2) is 0 Å². The number of likely N-dealkylation sites (tertiary alicyclic amines) is 1. The number of carbonyl (C=O) groups excluding carboxylic acids is 1. The van der Waals surface area contributed by atoms with E-state index in [2.05, 4.69) is 6.92 Å². The Hall–Kier alpha value is -1.91. The van der Waals surface area contributed by atoms with Crippen LogP contribution in [0.1, 0.15) is 38.2 Å². The molecule has 1 aliphatic rings. The summed E-state index contributed by atoms with van der Waals surface area (Å²) in [4.78, 5) is 24.9. The van der Waals surface area contributed by atoms with Crippen LogP contribution in [-0.4, -0.2) is 28.3 Å². The Labute approximate surface area is 118 Å². The molecule has 5 heteroatoms. The molecular formula is C15H20N2O3. The van der Waals surface area contributed by atoms with Crippen molar-refractivity contribution in [3.63, 3.8) is 0 Å². The molecule has 0 N–H and O–H groups in total. The minimum Gasteiger partial charge on any atom is -0.339 e. The van der Waals surface area contributed by atoms with Gasteiger partial charge in [-0.2, -0.15) is 0 Å². The predicted molar refractivity (Wildman–Crippen MR) is 76.4 cm³/mol. The average Bonchev–Trinajstić information content (AvgIpc) is 2.47. The molecule has 1 aromatic carbocycles. The van der Waals surface area contributed by atoms with Gasteiger partial charge in [0.2, 0.25) is 5.91 Å². The van der Waals surface area contributed by atoms with Gasteiger partial charge in [0.1, 0.15) is 0 Å². The van der Waals surface area contributed by atoms with E-state index < -0.39 is 4.92 Å². The molecule has 5 nitrogen and oxygen atoms in total. The first-order chi connectivity index (χ1) is 9.63. The molecule has 108 valence electrons. The third-order valence-electron chi connectivity index (χ3n) is 3.95. The maximum absolute atomic E-state index is 12.4. The fourth-order valence-corrected chi connectivity index (χ4v) is 2.86. The second-order valence-electron chi connectivity index (χ2n) is 5.21. The van der Waals surface area contributed by atoms with Gasteiger partial charge in [-0.15, -0.1) is 0 Å². The summed E-state index contributed by atoms with van der Waals surface area (Å²) in [5, 5.41) is 11.0. The van der Waals surface area contributed by atoms with E-state index in [9.17, 15) is 14.9 Å². The number of nitro groups is 1. The molecule has 1 amide bonds. The van der Waals surface area contributed by atoms with Gasteiger partial charge in [-0.3, -0.25) is 14.9 Å². The standard InChI is InChI=1S/C15H20N2O3/c1-2-13-8-5-6-10-16(13)15(18)11-12-7-3-4-9-14(12)17(19)20/h3-4,7,9,13H,2,5-6,8,10-11H2,1H3/t13-/m1/s1. The van der Waals surface area contributed by atoms with E-state index in [0.717, 1.165) is 32.2 Å². The first-order valence-corrected chi connectivity index (χ1v) is 7.15. The van der Waals surface area contributed by atoms with E-state index in [-0.39, 0.29) is 18.0 Å². The van der Waals surface area contributed by atoms with Crippen LogP contribution < -0.4 is 0 Å². The Balaban J connectivity index is 2.13. The highest BCUT2D eigenvalue weighted by Gasteiger charge is 2.26. The van der Waals surface area contributed by atoms with Crippen LogP contribution in [0.4, 0.5) is 5.69 Å². The molecule has 1 heterocycles. The zero-order valence-corrected chi connectivity index (χ0v) is 11.7. The largest absolute Gasteiger partial charge is 0.339 e. The molecule has 0 radical (unpaired) electrons. The van der Waals surface area contributed by atoms with Crippen LogP contribution in [0.3, 0.4) is 0 Å². The Kier molecular flexibility index (Phi) is 4.71. The van der Waals surface area contributed by atoms with E-state index in [1.165, 1.54) is 6.07 Å². The molecular weight excluding hydrogens is 256 g/mol. The minimum absolute atomic E-state index is 0.00542. The number of benzene rings is 1. The molecule has 1 atom stereocenters. The third kappa shape index (κ3) is 3.15. The van der Waals surface area contributed by atoms with Gasteiger partial charge < -0.3 is 4.90 Å². The first kappa shape index (κ1) is 14.5. The summed E-state index contributed by atoms with van der Waals surface area (Å²) in [6, 6.07) is 6.78. The summed E-state index contributed by atoms with van der Waals surface area (Å²) in [5.41, 5.74) is 0.536. The van der Waals surface area contributed by atoms with E-state index in [4.69, 9.17) is 0 Å². The van der Waals surface area contributed by atoms with Crippen LogP contribution in [0.5, 0.6) is 0 Å². The molecule has 0 unspecified atom stereocenters. The Bertz CT molecular complexity index is 502. The van der Waals surface area contributed by atoms with Crippen molar-refractivity contribution in [2.45, 2.75) is 45.1 Å². The van der Waals surface area contributed by atoms with Crippen LogP contribution in [0, 0.1) is 10.1 Å². The van der Waals surface area contributed by atoms with Crippen LogP contribution in [0.15, 0.2) is 24.3 Å². The number of amides is 1. The fourth-order valence-electron chi connectivity index (χ4n) is 2.86. The number of hydrogen-bond donors (Lipinski definition) is 0. The smallest absolute Gasteiger partial charge is 0.273 e. The molecule has 1 saturated heterocycles. The molecule has 0 bridgehead atoms. The van der Waals surface area contributed by atoms with Gasteiger partial charge in [0.15, 0.2) is 0 Å². The van der Waals surface area contributed by atoms with Gasteiger partial charge >= 0.3 is 0 Å². The summed E-state index contributed by atoms with van der Waals surface area (Å²) in [6.07, 6.45) is 4.29. The van der Waals surface area contributed by atoms with Crippen LogP contribution >= 0.6 is 0 Å². The number of rotatable bonds is 4. The normalized spacial score (nSPS) is 18.9. The van der Waals surface area contributed by atoms with Crippen LogP contribution in [0.2, 0.25) is 0 Å². The van der Waals surface area contributed by atoms with E-state index >= 15 is 0 Å². The van der Waals surface area contributed by atoms with E-state index in [0.29, 0.717) is 11.6 Å². The lowest BCUT2D eigenvalue weighted by Gasteiger charge is -2.35. The van der Waals surface area contributed by atoms with E-state index in [1.807, 2.05) is 4.90 Å². The van der Waals surface area contributed by atoms with Crippen molar-refractivity contribution in [3.8, 4) is 0 Å². The summed E-state index contributed by atoms with van der Waals surface area (Å²) < 4.78 is 0. The van der Waals surface area contributed by atoms with Crippen molar-refractivity contribution >= 4 is 11.6 Å². The molecule has 0 aromatic heterocycles. The van der Waals surface area contributed by atoms with Crippen molar-refractivity contribution in [1.29, 1.82) is 0 Å². The predicted octanol–water partition coefficient (Wildman–Crippen LogP) is 2.93. The van der Waals surface area contributed by atoms with E-state index in [1.54, 1.807) is 18.2 Å². The zero-order valence-electron chi connectivity index (χ0n) is 11.7. The number of hydrogen-bond acceptors (Lipinski definition) is 3. The lowest BCUT2D eigenvalue weighted by atomic mass is 9.98. The minimum atomic E-state index is -0.421. The molecule has 1 aliphatic heterocycles. The monoisotopic (exact) mass is 276 g/mol. The molecule has 20 heavy (non-hydrogen) atoms. The van der Waals surface area contributed by atoms with Crippen molar-refractivity contribution < 1.29 is 9.72 Å². The zero-order chi connectivity index (χ0) is 14.5. The topological polar surface area (TPSA) is 63.5 Å². The van der Waals surface area contributed by atoms with Gasteiger partial charge in [0, 0.05) is 24.2 Å². The Morgan fingerprint density at radius 1 is 1.40 bits per heavy atom. The molecule has 1 fully saturated rings. The highest BCUT2D eigenvalue weighted by Crippen LogP contribution is 2.23. The number of piperidine rings is 1. The van der Waals surface area contributed by atoms with Crippen molar-refractivity contribution in [3.05, 3.63) is 39.9 Å². The molecule has 0 spiro atoms. The second-order valence-corrected chi connectivity index (χ2v) is 5.21. The molecule has 0 saturated carbocycles. The van der Waals surface area contributed by atoms with Gasteiger partial charge in [-0.1, -0.05) is 25.1 Å². The summed E-state index contributed by atoms with van der Waals surface area (Å²) in [5.74, 6) is 0.00542. The number of para-hydroxylation sites is 1. The summed E-state index contributed by atoms with van der Waals surface area (Å²) >= 11 is 0. The number of nitro benzene ring substituents is 1. The van der Waals surface area contributed by atoms with Crippen LogP contribution in [-0.2, 0) is 11.2 Å². The van der Waals surface area contributed by atoms with Gasteiger partial charge in [-0.05, 0) is 25.7 Å². The lowest BCUT2D eigenvalue weighted by molar-refractivity contribution is -0.385. The quantitative estimate of drug-likeness (QED) is 0.627. The highest BCUT2D eigenvalue weighted by molar-refractivity contribution is 5.80. The Morgan fingerprint density at radius 3 is 2.85 bits per heavy atom. The number of nitrogens with zero attached hydrogens (tertiary/aromatic N) is 2. The fraction of sp³-hybridized carbons (Fsp3) is 0.533.